The van der Waals surface area contributed by atoms with Gasteiger partial charge in [-0.2, -0.15) is 5.10 Å². The second-order valence-corrected chi connectivity index (χ2v) is 7.90. The lowest BCUT2D eigenvalue weighted by molar-refractivity contribution is 0.200. The van der Waals surface area contributed by atoms with E-state index in [1.165, 1.54) is 5.56 Å². The first-order chi connectivity index (χ1) is 11.6. The van der Waals surface area contributed by atoms with Crippen LogP contribution in [0.1, 0.15) is 25.3 Å². The molecule has 0 amide bonds. The van der Waals surface area contributed by atoms with E-state index in [1.54, 1.807) is 24.3 Å². The van der Waals surface area contributed by atoms with Gasteiger partial charge in [-0.25, -0.2) is 13.1 Å². The fraction of sp³-hybridized carbons (Fsp3) is 0.471. The standard InChI is InChI=1S/C17H24N4O2S/c1-2-21-14-15(12-18-21)13-20-10-8-16(9-11-20)19-24(22,23)17-6-4-3-5-7-17/h3-7,12,14,16,19H,2,8-11,13H2,1H3. The van der Waals surface area contributed by atoms with Crippen molar-refractivity contribution in [3.8, 4) is 0 Å². The summed E-state index contributed by atoms with van der Waals surface area (Å²) < 4.78 is 29.5. The Kier molecular flexibility index (Phi) is 5.33. The first kappa shape index (κ1) is 17.1. The third-order valence-corrected chi connectivity index (χ3v) is 5.92. The summed E-state index contributed by atoms with van der Waals surface area (Å²) in [5, 5.41) is 4.30. The number of hydrogen-bond donors (Lipinski definition) is 1. The van der Waals surface area contributed by atoms with Crippen LogP contribution < -0.4 is 4.72 Å². The van der Waals surface area contributed by atoms with Crippen molar-refractivity contribution in [3.63, 3.8) is 0 Å². The molecule has 0 radical (unpaired) electrons. The molecule has 130 valence electrons. The average molecular weight is 348 g/mol. The van der Waals surface area contributed by atoms with Crippen LogP contribution in [-0.4, -0.2) is 42.2 Å². The maximum absolute atomic E-state index is 12.4. The van der Waals surface area contributed by atoms with Crippen molar-refractivity contribution in [3.05, 3.63) is 48.3 Å². The number of sulfonamides is 1. The summed E-state index contributed by atoms with van der Waals surface area (Å²) in [6, 6.07) is 8.57. The van der Waals surface area contributed by atoms with Crippen molar-refractivity contribution in [1.82, 2.24) is 19.4 Å². The lowest BCUT2D eigenvalue weighted by Gasteiger charge is -2.31. The van der Waals surface area contributed by atoms with Crippen molar-refractivity contribution < 1.29 is 8.42 Å². The van der Waals surface area contributed by atoms with Gasteiger partial charge in [0, 0.05) is 44.0 Å². The average Bonchev–Trinajstić information content (AvgIpc) is 3.05. The highest BCUT2D eigenvalue weighted by Gasteiger charge is 2.24. The molecular weight excluding hydrogens is 324 g/mol. The Balaban J connectivity index is 1.52. The van der Waals surface area contributed by atoms with E-state index in [1.807, 2.05) is 16.9 Å². The number of hydrogen-bond acceptors (Lipinski definition) is 4. The predicted octanol–water partition coefficient (Wildman–Crippen LogP) is 1.85. The van der Waals surface area contributed by atoms with Crippen LogP contribution in [0.4, 0.5) is 0 Å². The quantitative estimate of drug-likeness (QED) is 0.865. The number of piperidine rings is 1. The van der Waals surface area contributed by atoms with Crippen LogP contribution in [0.5, 0.6) is 0 Å². The van der Waals surface area contributed by atoms with Crippen molar-refractivity contribution >= 4 is 10.0 Å². The highest BCUT2D eigenvalue weighted by Crippen LogP contribution is 2.16. The third kappa shape index (κ3) is 4.23. The number of nitrogens with zero attached hydrogens (tertiary/aromatic N) is 3. The van der Waals surface area contributed by atoms with Gasteiger partial charge in [-0.05, 0) is 31.9 Å². The Morgan fingerprint density at radius 1 is 1.21 bits per heavy atom. The van der Waals surface area contributed by atoms with Crippen molar-refractivity contribution in [2.45, 2.75) is 43.8 Å². The molecule has 1 N–H and O–H groups in total. The molecule has 1 aliphatic heterocycles. The zero-order valence-corrected chi connectivity index (χ0v) is 14.7. The minimum absolute atomic E-state index is 0.00446. The molecule has 0 atom stereocenters. The molecule has 24 heavy (non-hydrogen) atoms. The molecule has 3 rings (SSSR count). The number of rotatable bonds is 6. The first-order valence-corrected chi connectivity index (χ1v) is 9.86. The number of aromatic nitrogens is 2. The lowest BCUT2D eigenvalue weighted by Crippen LogP contribution is -2.44. The summed E-state index contributed by atoms with van der Waals surface area (Å²) in [5.41, 5.74) is 1.21. The van der Waals surface area contributed by atoms with Gasteiger partial charge in [0.25, 0.3) is 0 Å². The summed E-state index contributed by atoms with van der Waals surface area (Å²) in [5.74, 6) is 0. The molecule has 1 aliphatic rings. The van der Waals surface area contributed by atoms with Crippen molar-refractivity contribution in [2.24, 2.45) is 0 Å². The van der Waals surface area contributed by atoms with Gasteiger partial charge >= 0.3 is 0 Å². The monoisotopic (exact) mass is 348 g/mol. The highest BCUT2D eigenvalue weighted by atomic mass is 32.2. The molecule has 7 heteroatoms. The second kappa shape index (κ2) is 7.46. The molecular formula is C17H24N4O2S. The molecule has 0 unspecified atom stereocenters. The lowest BCUT2D eigenvalue weighted by atomic mass is 10.1. The smallest absolute Gasteiger partial charge is 0.240 e. The first-order valence-electron chi connectivity index (χ1n) is 8.38. The minimum Gasteiger partial charge on any atom is -0.299 e. The molecule has 2 aromatic rings. The van der Waals surface area contributed by atoms with Crippen LogP contribution in [0.25, 0.3) is 0 Å². The maximum atomic E-state index is 12.4. The molecule has 1 aromatic carbocycles. The van der Waals surface area contributed by atoms with Crippen LogP contribution in [-0.2, 0) is 23.1 Å². The molecule has 0 aliphatic carbocycles. The van der Waals surface area contributed by atoms with Crippen LogP contribution in [0.3, 0.4) is 0 Å². The van der Waals surface area contributed by atoms with Crippen LogP contribution in [0.15, 0.2) is 47.6 Å². The Hall–Kier alpha value is -1.70. The maximum Gasteiger partial charge on any atom is 0.240 e. The SMILES string of the molecule is CCn1cc(CN2CCC(NS(=O)(=O)c3ccccc3)CC2)cn1. The predicted molar refractivity (Wildman–Crippen MR) is 93.0 cm³/mol. The molecule has 1 saturated heterocycles. The van der Waals surface area contributed by atoms with E-state index in [0.29, 0.717) is 4.90 Å². The van der Waals surface area contributed by atoms with Gasteiger partial charge < -0.3 is 0 Å². The van der Waals surface area contributed by atoms with Gasteiger partial charge in [-0.3, -0.25) is 9.58 Å². The zero-order valence-electron chi connectivity index (χ0n) is 13.9. The summed E-state index contributed by atoms with van der Waals surface area (Å²) in [7, 11) is -3.42. The number of likely N-dealkylation sites (tertiary alicyclic amines) is 1. The van der Waals surface area contributed by atoms with Gasteiger partial charge in [0.05, 0.1) is 11.1 Å². The van der Waals surface area contributed by atoms with Gasteiger partial charge in [0.15, 0.2) is 0 Å². The number of aryl methyl sites for hydroxylation is 1. The third-order valence-electron chi connectivity index (χ3n) is 4.38. The molecule has 6 nitrogen and oxygen atoms in total. The number of benzene rings is 1. The molecule has 2 heterocycles. The zero-order chi connectivity index (χ0) is 17.0. The Labute approximate surface area is 143 Å². The summed E-state index contributed by atoms with van der Waals surface area (Å²) in [6.45, 7) is 5.60. The van der Waals surface area contributed by atoms with Gasteiger partial charge in [0.2, 0.25) is 10.0 Å². The summed E-state index contributed by atoms with van der Waals surface area (Å²) >= 11 is 0. The second-order valence-electron chi connectivity index (χ2n) is 6.19. The largest absolute Gasteiger partial charge is 0.299 e. The normalized spacial score (nSPS) is 17.2. The molecule has 0 saturated carbocycles. The molecule has 0 spiro atoms. The van der Waals surface area contributed by atoms with Gasteiger partial charge in [-0.15, -0.1) is 0 Å². The topological polar surface area (TPSA) is 67.2 Å². The molecule has 1 fully saturated rings. The van der Waals surface area contributed by atoms with Gasteiger partial charge in [0.1, 0.15) is 0 Å². The fourth-order valence-electron chi connectivity index (χ4n) is 3.02. The van der Waals surface area contributed by atoms with E-state index in [-0.39, 0.29) is 6.04 Å². The fourth-order valence-corrected chi connectivity index (χ4v) is 4.34. The van der Waals surface area contributed by atoms with E-state index in [9.17, 15) is 8.42 Å². The van der Waals surface area contributed by atoms with E-state index in [4.69, 9.17) is 0 Å². The summed E-state index contributed by atoms with van der Waals surface area (Å²) in [6.07, 6.45) is 5.64. The van der Waals surface area contributed by atoms with Crippen molar-refractivity contribution in [1.29, 1.82) is 0 Å². The van der Waals surface area contributed by atoms with E-state index >= 15 is 0 Å². The van der Waals surface area contributed by atoms with Crippen LogP contribution in [0.2, 0.25) is 0 Å². The Morgan fingerprint density at radius 2 is 1.92 bits per heavy atom. The van der Waals surface area contributed by atoms with Gasteiger partial charge in [-0.1, -0.05) is 18.2 Å². The molecule has 1 aromatic heterocycles. The van der Waals surface area contributed by atoms with Crippen LogP contribution >= 0.6 is 0 Å². The highest BCUT2D eigenvalue weighted by molar-refractivity contribution is 7.89. The Bertz CT molecular complexity index is 750. The van der Waals surface area contributed by atoms with E-state index < -0.39 is 10.0 Å². The van der Waals surface area contributed by atoms with Crippen LogP contribution in [0, 0.1) is 0 Å². The van der Waals surface area contributed by atoms with E-state index in [2.05, 4.69) is 27.8 Å². The summed E-state index contributed by atoms with van der Waals surface area (Å²) in [4.78, 5) is 2.68. The Morgan fingerprint density at radius 3 is 2.54 bits per heavy atom. The minimum atomic E-state index is -3.42. The van der Waals surface area contributed by atoms with Crippen molar-refractivity contribution in [2.75, 3.05) is 13.1 Å². The number of nitrogens with one attached hydrogen (secondary N) is 1. The van der Waals surface area contributed by atoms with E-state index in [0.717, 1.165) is 39.0 Å². The molecule has 0 bridgehead atoms.